The van der Waals surface area contributed by atoms with E-state index in [2.05, 4.69) is 49.6 Å². The van der Waals surface area contributed by atoms with Gasteiger partial charge in [-0.3, -0.25) is 4.79 Å². The van der Waals surface area contributed by atoms with Crippen LogP contribution in [-0.2, 0) is 4.79 Å². The first kappa shape index (κ1) is 24.3. The van der Waals surface area contributed by atoms with Crippen molar-refractivity contribution in [3.63, 3.8) is 0 Å². The minimum absolute atomic E-state index is 0.122. The molecular weight excluding hydrogens is 483 g/mol. The highest BCUT2D eigenvalue weighted by Gasteiger charge is 2.47. The molecule has 4 atom stereocenters. The number of carbonyl (C=O) groups excluding carboxylic acids is 1. The molecule has 2 bridgehead atoms. The van der Waals surface area contributed by atoms with Crippen LogP contribution in [0.15, 0.2) is 60.9 Å². The van der Waals surface area contributed by atoms with E-state index in [0.717, 1.165) is 44.1 Å². The van der Waals surface area contributed by atoms with Crippen molar-refractivity contribution >= 4 is 29.2 Å². The Morgan fingerprint density at radius 2 is 1.87 bits per heavy atom. The highest BCUT2D eigenvalue weighted by Crippen LogP contribution is 2.45. The Morgan fingerprint density at radius 1 is 1.05 bits per heavy atom. The molecule has 2 fully saturated rings. The van der Waals surface area contributed by atoms with Crippen molar-refractivity contribution in [3.05, 3.63) is 66.8 Å². The monoisotopic (exact) mass is 514 g/mol. The van der Waals surface area contributed by atoms with Gasteiger partial charge in [0.15, 0.2) is 0 Å². The number of primary amides is 1. The molecule has 2 aliphatic carbocycles. The van der Waals surface area contributed by atoms with Crippen LogP contribution in [0.1, 0.15) is 6.42 Å². The number of nitrogens with two attached hydrogens (primary N) is 1. The Hall–Kier alpha value is -4.05. The fraction of sp³-hybridized carbons (Fsp3) is 0.357. The molecule has 3 aliphatic rings. The number of fused-ring (bicyclic) bond motifs is 2. The predicted molar refractivity (Wildman–Crippen MR) is 145 cm³/mol. The van der Waals surface area contributed by atoms with Gasteiger partial charge >= 0.3 is 0 Å². The summed E-state index contributed by atoms with van der Waals surface area (Å²) in [5.74, 6) is 1.12. The van der Waals surface area contributed by atoms with Crippen LogP contribution in [0.25, 0.3) is 11.1 Å². The second kappa shape index (κ2) is 10.0. The van der Waals surface area contributed by atoms with Crippen LogP contribution in [0.4, 0.5) is 27.7 Å². The molecule has 0 radical (unpaired) electrons. The second-order valence-corrected chi connectivity index (χ2v) is 10.3. The van der Waals surface area contributed by atoms with Crippen LogP contribution in [0, 0.1) is 23.6 Å². The third-order valence-electron chi connectivity index (χ3n) is 7.85. The molecule has 1 amide bonds. The average Bonchev–Trinajstić information content (AvgIpc) is 3.52. The first-order chi connectivity index (χ1) is 18.4. The number of hydrogen-bond acceptors (Lipinski definition) is 8. The molecule has 0 spiro atoms. The molecule has 1 saturated carbocycles. The zero-order valence-electron chi connectivity index (χ0n) is 21.2. The standard InChI is InChI=1S/C28H31FN8O/c1-36-9-11-37(12-10-36)23-8-7-21(15-31-23)33-28-32-16-22(17-3-2-4-20(29)14-17)27(35-28)34-25-19-6-5-18(13-19)24(25)26(30)38/h2-8,14-16,18-19,24-25H,9-13H2,1H3,(H2,30,38)(H2,32,33,34,35)/t18-,19+,24+,25-/m1/s1. The first-order valence-corrected chi connectivity index (χ1v) is 13.0. The molecule has 3 heterocycles. The second-order valence-electron chi connectivity index (χ2n) is 10.3. The number of aromatic nitrogens is 3. The number of likely N-dealkylation sites (N-methyl/N-ethyl adjacent to an activating group) is 1. The van der Waals surface area contributed by atoms with Gasteiger partial charge in [-0.15, -0.1) is 0 Å². The molecule has 3 aromatic rings. The van der Waals surface area contributed by atoms with E-state index >= 15 is 0 Å². The van der Waals surface area contributed by atoms with Crippen LogP contribution >= 0.6 is 0 Å². The lowest BCUT2D eigenvalue weighted by molar-refractivity contribution is -0.122. The number of nitrogens with one attached hydrogen (secondary N) is 2. The lowest BCUT2D eigenvalue weighted by Gasteiger charge is -2.33. The summed E-state index contributed by atoms with van der Waals surface area (Å²) >= 11 is 0. The Labute approximate surface area is 221 Å². The molecule has 196 valence electrons. The third kappa shape index (κ3) is 4.79. The number of piperazine rings is 1. The summed E-state index contributed by atoms with van der Waals surface area (Å²) in [6, 6.07) is 10.1. The predicted octanol–water partition coefficient (Wildman–Crippen LogP) is 3.26. The number of amides is 1. The number of pyridine rings is 1. The van der Waals surface area contributed by atoms with Gasteiger partial charge in [-0.1, -0.05) is 24.3 Å². The third-order valence-corrected chi connectivity index (χ3v) is 7.85. The number of hydrogen-bond donors (Lipinski definition) is 3. The summed E-state index contributed by atoms with van der Waals surface area (Å²) in [7, 11) is 2.13. The molecule has 0 unspecified atom stereocenters. The zero-order valence-corrected chi connectivity index (χ0v) is 21.2. The lowest BCUT2D eigenvalue weighted by Crippen LogP contribution is -2.44. The van der Waals surface area contributed by atoms with Crippen LogP contribution in [0.2, 0.25) is 0 Å². The zero-order chi connectivity index (χ0) is 26.2. The molecule has 1 saturated heterocycles. The van der Waals surface area contributed by atoms with Crippen molar-refractivity contribution in [1.29, 1.82) is 0 Å². The highest BCUT2D eigenvalue weighted by molar-refractivity contribution is 5.81. The van der Waals surface area contributed by atoms with E-state index in [1.807, 2.05) is 18.2 Å². The van der Waals surface area contributed by atoms with Crippen LogP contribution in [-0.4, -0.2) is 65.0 Å². The number of halogens is 1. The molecule has 38 heavy (non-hydrogen) atoms. The van der Waals surface area contributed by atoms with E-state index in [9.17, 15) is 9.18 Å². The average molecular weight is 515 g/mol. The number of rotatable bonds is 7. The van der Waals surface area contributed by atoms with E-state index < -0.39 is 0 Å². The smallest absolute Gasteiger partial charge is 0.229 e. The van der Waals surface area contributed by atoms with Gasteiger partial charge in [0.25, 0.3) is 0 Å². The summed E-state index contributed by atoms with van der Waals surface area (Å²) in [6.07, 6.45) is 8.53. The van der Waals surface area contributed by atoms with E-state index in [1.165, 1.54) is 12.1 Å². The Balaban J connectivity index is 1.27. The van der Waals surface area contributed by atoms with Gasteiger partial charge in [0.05, 0.1) is 17.8 Å². The molecule has 10 heteroatoms. The Kier molecular flexibility index (Phi) is 6.40. The summed E-state index contributed by atoms with van der Waals surface area (Å²) in [5.41, 5.74) is 7.83. The van der Waals surface area contributed by atoms with E-state index in [0.29, 0.717) is 22.9 Å². The summed E-state index contributed by atoms with van der Waals surface area (Å²) in [6.45, 7) is 3.91. The van der Waals surface area contributed by atoms with Crippen molar-refractivity contribution < 1.29 is 9.18 Å². The molecule has 1 aliphatic heterocycles. The minimum Gasteiger partial charge on any atom is -0.369 e. The van der Waals surface area contributed by atoms with Crippen molar-refractivity contribution in [2.45, 2.75) is 12.5 Å². The minimum atomic E-state index is -0.347. The van der Waals surface area contributed by atoms with Gasteiger partial charge < -0.3 is 26.2 Å². The van der Waals surface area contributed by atoms with Gasteiger partial charge in [0.1, 0.15) is 17.5 Å². The van der Waals surface area contributed by atoms with Crippen molar-refractivity contribution in [2.24, 2.45) is 23.5 Å². The molecule has 9 nitrogen and oxygen atoms in total. The number of carbonyl (C=O) groups is 1. The quantitative estimate of drug-likeness (QED) is 0.412. The van der Waals surface area contributed by atoms with Gasteiger partial charge in [-0.25, -0.2) is 14.4 Å². The van der Waals surface area contributed by atoms with Gasteiger partial charge in [0, 0.05) is 44.0 Å². The normalized spacial score (nSPS) is 24.5. The Bertz CT molecular complexity index is 1360. The number of nitrogens with zero attached hydrogens (tertiary/aromatic N) is 5. The van der Waals surface area contributed by atoms with Gasteiger partial charge in [0.2, 0.25) is 11.9 Å². The summed E-state index contributed by atoms with van der Waals surface area (Å²) in [4.78, 5) is 30.8. The lowest BCUT2D eigenvalue weighted by atomic mass is 9.88. The first-order valence-electron chi connectivity index (χ1n) is 13.0. The fourth-order valence-corrected chi connectivity index (χ4v) is 5.80. The largest absolute Gasteiger partial charge is 0.369 e. The maximum Gasteiger partial charge on any atom is 0.229 e. The van der Waals surface area contributed by atoms with E-state index in [-0.39, 0.29) is 35.5 Å². The maximum absolute atomic E-state index is 14.1. The van der Waals surface area contributed by atoms with Crippen LogP contribution in [0.5, 0.6) is 0 Å². The van der Waals surface area contributed by atoms with Crippen molar-refractivity contribution in [1.82, 2.24) is 19.9 Å². The number of anilines is 4. The maximum atomic E-state index is 14.1. The molecule has 1 aromatic carbocycles. The fourth-order valence-electron chi connectivity index (χ4n) is 5.80. The van der Waals surface area contributed by atoms with Gasteiger partial charge in [-0.2, -0.15) is 4.98 Å². The highest BCUT2D eigenvalue weighted by atomic mass is 19.1. The van der Waals surface area contributed by atoms with E-state index in [4.69, 9.17) is 10.7 Å². The summed E-state index contributed by atoms with van der Waals surface area (Å²) in [5, 5.41) is 6.71. The van der Waals surface area contributed by atoms with Crippen LogP contribution in [0.3, 0.4) is 0 Å². The molecule has 4 N–H and O–H groups in total. The Morgan fingerprint density at radius 3 is 2.61 bits per heavy atom. The number of benzene rings is 1. The molecule has 2 aromatic heterocycles. The number of allylic oxidation sites excluding steroid dienone is 1. The van der Waals surface area contributed by atoms with Gasteiger partial charge in [-0.05, 0) is 55.1 Å². The topological polar surface area (TPSA) is 112 Å². The van der Waals surface area contributed by atoms with Crippen LogP contribution < -0.4 is 21.3 Å². The van der Waals surface area contributed by atoms with Crippen molar-refractivity contribution in [3.8, 4) is 11.1 Å². The summed E-state index contributed by atoms with van der Waals surface area (Å²) < 4.78 is 14.1. The molecule has 6 rings (SSSR count). The molecular formula is C28H31FN8O. The SMILES string of the molecule is CN1CCN(c2ccc(Nc3ncc(-c4cccc(F)c4)c(N[C@H]4[C@@H](C(N)=O)[C@@H]5C=C[C@H]4C5)n3)cn2)CC1. The van der Waals surface area contributed by atoms with Crippen molar-refractivity contribution in [2.75, 3.05) is 48.8 Å². The van der Waals surface area contributed by atoms with E-state index in [1.54, 1.807) is 18.5 Å².